The van der Waals surface area contributed by atoms with E-state index >= 15 is 0 Å². The zero-order chi connectivity index (χ0) is 14.9. The molecule has 1 aromatic heterocycles. The van der Waals surface area contributed by atoms with E-state index in [-0.39, 0.29) is 15.8 Å². The van der Waals surface area contributed by atoms with Crippen molar-refractivity contribution < 1.29 is 5.11 Å². The van der Waals surface area contributed by atoms with Crippen molar-refractivity contribution in [1.82, 2.24) is 9.78 Å². The summed E-state index contributed by atoms with van der Waals surface area (Å²) in [5, 5.41) is 17.7. The molecule has 0 aliphatic rings. The fourth-order valence-electron chi connectivity index (χ4n) is 2.04. The molecule has 0 atom stereocenters. The Morgan fingerprint density at radius 3 is 2.45 bits per heavy atom. The van der Waals surface area contributed by atoms with Gasteiger partial charge in [0.2, 0.25) is 0 Å². The lowest BCUT2D eigenvalue weighted by Crippen LogP contribution is -2.02. The molecule has 0 aliphatic carbocycles. The number of nitrogens with one attached hydrogen (secondary N) is 1. The van der Waals surface area contributed by atoms with Crippen LogP contribution >= 0.6 is 23.2 Å². The highest BCUT2D eigenvalue weighted by atomic mass is 35.5. The minimum Gasteiger partial charge on any atom is -0.505 e. The third-order valence-corrected chi connectivity index (χ3v) is 3.56. The molecule has 1 heterocycles. The van der Waals surface area contributed by atoms with Gasteiger partial charge in [-0.1, -0.05) is 37.0 Å². The molecule has 20 heavy (non-hydrogen) atoms. The molecule has 0 fully saturated rings. The van der Waals surface area contributed by atoms with Crippen LogP contribution in [0, 0.1) is 0 Å². The van der Waals surface area contributed by atoms with Gasteiger partial charge in [0.05, 0.1) is 15.7 Å². The average Bonchev–Trinajstić information content (AvgIpc) is 2.74. The van der Waals surface area contributed by atoms with Gasteiger partial charge in [0.25, 0.3) is 0 Å². The fourth-order valence-corrected chi connectivity index (χ4v) is 2.53. The molecule has 0 aliphatic heterocycles. The van der Waals surface area contributed by atoms with Crippen LogP contribution < -0.4 is 5.32 Å². The molecule has 1 aromatic carbocycles. The number of anilines is 1. The number of aromatic hydroxyl groups is 1. The molecule has 4 nitrogen and oxygen atoms in total. The number of halogens is 2. The summed E-state index contributed by atoms with van der Waals surface area (Å²) in [6, 6.07) is 3.29. The van der Waals surface area contributed by atoms with Crippen molar-refractivity contribution in [3.8, 4) is 5.75 Å². The van der Waals surface area contributed by atoms with Crippen LogP contribution in [0.4, 0.5) is 5.69 Å². The first-order valence-electron chi connectivity index (χ1n) is 6.32. The van der Waals surface area contributed by atoms with Gasteiger partial charge in [0.1, 0.15) is 0 Å². The van der Waals surface area contributed by atoms with Crippen LogP contribution in [-0.4, -0.2) is 14.9 Å². The summed E-state index contributed by atoms with van der Waals surface area (Å²) in [7, 11) is 1.91. The first kappa shape index (κ1) is 15.0. The Kier molecular flexibility index (Phi) is 4.45. The molecule has 0 bridgehead atoms. The van der Waals surface area contributed by atoms with Crippen molar-refractivity contribution in [3.63, 3.8) is 0 Å². The first-order chi connectivity index (χ1) is 9.38. The number of benzene rings is 1. The van der Waals surface area contributed by atoms with Crippen LogP contribution in [0.3, 0.4) is 0 Å². The van der Waals surface area contributed by atoms with Crippen LogP contribution in [0.2, 0.25) is 10.0 Å². The van der Waals surface area contributed by atoms with Crippen molar-refractivity contribution in [3.05, 3.63) is 39.6 Å². The minimum atomic E-state index is -0.0943. The average molecular weight is 314 g/mol. The van der Waals surface area contributed by atoms with E-state index in [1.165, 1.54) is 0 Å². The minimum absolute atomic E-state index is 0.0943. The number of phenolic OH excluding ortho intramolecular Hbond substituents is 1. The zero-order valence-corrected chi connectivity index (χ0v) is 13.1. The van der Waals surface area contributed by atoms with Crippen LogP contribution in [0.1, 0.15) is 31.0 Å². The standard InChI is InChI=1S/C14H17Cl2N3O/c1-8(2)13-9(7-19(3)18-13)6-17-10-4-11(15)14(20)12(16)5-10/h4-5,7-8,17,20H,6H2,1-3H3. The van der Waals surface area contributed by atoms with Gasteiger partial charge in [-0.2, -0.15) is 5.10 Å². The van der Waals surface area contributed by atoms with E-state index < -0.39 is 0 Å². The highest BCUT2D eigenvalue weighted by molar-refractivity contribution is 6.37. The number of phenols is 1. The number of nitrogens with zero attached hydrogens (tertiary/aromatic N) is 2. The maximum Gasteiger partial charge on any atom is 0.152 e. The fraction of sp³-hybridized carbons (Fsp3) is 0.357. The summed E-state index contributed by atoms with van der Waals surface area (Å²) in [6.07, 6.45) is 1.99. The molecule has 0 spiro atoms. The molecular weight excluding hydrogens is 297 g/mol. The molecule has 0 unspecified atom stereocenters. The van der Waals surface area contributed by atoms with E-state index in [1.54, 1.807) is 12.1 Å². The number of rotatable bonds is 4. The third-order valence-electron chi connectivity index (χ3n) is 2.98. The lowest BCUT2D eigenvalue weighted by molar-refractivity contribution is 0.476. The molecule has 6 heteroatoms. The van der Waals surface area contributed by atoms with Crippen molar-refractivity contribution >= 4 is 28.9 Å². The van der Waals surface area contributed by atoms with Gasteiger partial charge in [-0.3, -0.25) is 4.68 Å². The Balaban J connectivity index is 2.17. The molecule has 0 amide bonds. The molecule has 0 saturated carbocycles. The Morgan fingerprint density at radius 2 is 1.90 bits per heavy atom. The van der Waals surface area contributed by atoms with E-state index in [0.717, 1.165) is 16.9 Å². The van der Waals surface area contributed by atoms with Crippen LogP contribution in [0.5, 0.6) is 5.75 Å². The SMILES string of the molecule is CC(C)c1nn(C)cc1CNc1cc(Cl)c(O)c(Cl)c1. The molecule has 2 N–H and O–H groups in total. The normalized spacial score (nSPS) is 11.1. The second-order valence-electron chi connectivity index (χ2n) is 5.01. The maximum absolute atomic E-state index is 9.53. The van der Waals surface area contributed by atoms with Crippen LogP contribution in [-0.2, 0) is 13.6 Å². The van der Waals surface area contributed by atoms with E-state index in [1.807, 2.05) is 17.9 Å². The lowest BCUT2D eigenvalue weighted by Gasteiger charge is -2.10. The van der Waals surface area contributed by atoms with Crippen molar-refractivity contribution in [1.29, 1.82) is 0 Å². The van der Waals surface area contributed by atoms with Gasteiger partial charge in [0.15, 0.2) is 5.75 Å². The second kappa shape index (κ2) is 5.94. The molecule has 2 rings (SSSR count). The summed E-state index contributed by atoms with van der Waals surface area (Å²) < 4.78 is 1.81. The summed E-state index contributed by atoms with van der Waals surface area (Å²) in [5.74, 6) is 0.267. The summed E-state index contributed by atoms with van der Waals surface area (Å²) >= 11 is 11.8. The monoisotopic (exact) mass is 313 g/mol. The summed E-state index contributed by atoms with van der Waals surface area (Å²) in [5.41, 5.74) is 2.95. The van der Waals surface area contributed by atoms with Gasteiger partial charge in [-0.25, -0.2) is 0 Å². The first-order valence-corrected chi connectivity index (χ1v) is 7.08. The number of aromatic nitrogens is 2. The van der Waals surface area contributed by atoms with Gasteiger partial charge >= 0.3 is 0 Å². The number of hydrogen-bond acceptors (Lipinski definition) is 3. The molecule has 2 aromatic rings. The smallest absolute Gasteiger partial charge is 0.152 e. The third kappa shape index (κ3) is 3.19. The Bertz CT molecular complexity index is 600. The Hall–Kier alpha value is -1.39. The van der Waals surface area contributed by atoms with Gasteiger partial charge in [-0.15, -0.1) is 0 Å². The van der Waals surface area contributed by atoms with Gasteiger partial charge in [-0.05, 0) is 18.1 Å². The lowest BCUT2D eigenvalue weighted by atomic mass is 10.1. The topological polar surface area (TPSA) is 50.1 Å². The number of aryl methyl sites for hydroxylation is 1. The Morgan fingerprint density at radius 1 is 1.30 bits per heavy atom. The van der Waals surface area contributed by atoms with Crippen molar-refractivity contribution in [2.75, 3.05) is 5.32 Å². The largest absolute Gasteiger partial charge is 0.505 e. The second-order valence-corrected chi connectivity index (χ2v) is 5.82. The quantitative estimate of drug-likeness (QED) is 0.833. The van der Waals surface area contributed by atoms with E-state index in [4.69, 9.17) is 23.2 Å². The van der Waals surface area contributed by atoms with E-state index in [0.29, 0.717) is 12.5 Å². The molecule has 0 radical (unpaired) electrons. The Labute approximate surface area is 128 Å². The van der Waals surface area contributed by atoms with Crippen molar-refractivity contribution in [2.45, 2.75) is 26.3 Å². The van der Waals surface area contributed by atoms with Crippen molar-refractivity contribution in [2.24, 2.45) is 7.05 Å². The highest BCUT2D eigenvalue weighted by Gasteiger charge is 2.12. The van der Waals surface area contributed by atoms with E-state index in [9.17, 15) is 5.11 Å². The highest BCUT2D eigenvalue weighted by Crippen LogP contribution is 2.34. The van der Waals surface area contributed by atoms with Gasteiger partial charge < -0.3 is 10.4 Å². The van der Waals surface area contributed by atoms with Gasteiger partial charge in [0, 0.05) is 31.0 Å². The predicted molar refractivity (Wildman–Crippen MR) is 82.8 cm³/mol. The maximum atomic E-state index is 9.53. The summed E-state index contributed by atoms with van der Waals surface area (Å²) in [6.45, 7) is 4.85. The predicted octanol–water partition coefficient (Wildman–Crippen LogP) is 4.17. The summed E-state index contributed by atoms with van der Waals surface area (Å²) in [4.78, 5) is 0. The van der Waals surface area contributed by atoms with E-state index in [2.05, 4.69) is 24.3 Å². The molecule has 0 saturated heterocycles. The molecule has 108 valence electrons. The van der Waals surface area contributed by atoms with Crippen LogP contribution in [0.15, 0.2) is 18.3 Å². The zero-order valence-electron chi connectivity index (χ0n) is 11.6. The molecular formula is C14H17Cl2N3O. The number of hydrogen-bond donors (Lipinski definition) is 2. The van der Waals surface area contributed by atoms with Crippen LogP contribution in [0.25, 0.3) is 0 Å².